The van der Waals surface area contributed by atoms with E-state index in [9.17, 15) is 9.59 Å². The number of hydrazone groups is 1. The van der Waals surface area contributed by atoms with Crippen molar-refractivity contribution in [2.75, 3.05) is 0 Å². The molecule has 5 aromatic rings. The van der Waals surface area contributed by atoms with E-state index in [0.29, 0.717) is 22.1 Å². The van der Waals surface area contributed by atoms with Crippen LogP contribution in [0, 0.1) is 13.8 Å². The minimum absolute atomic E-state index is 0.0443. The van der Waals surface area contributed by atoms with E-state index < -0.39 is 11.9 Å². The van der Waals surface area contributed by atoms with Crippen LogP contribution in [0.5, 0.6) is 11.5 Å². The van der Waals surface area contributed by atoms with Crippen LogP contribution in [-0.2, 0) is 6.61 Å². The number of ether oxygens (including phenoxy) is 2. The highest BCUT2D eigenvalue weighted by molar-refractivity contribution is 6.31. The van der Waals surface area contributed by atoms with Crippen molar-refractivity contribution in [3.63, 3.8) is 0 Å². The van der Waals surface area contributed by atoms with Crippen LogP contribution in [0.1, 0.15) is 43.8 Å². The van der Waals surface area contributed by atoms with Gasteiger partial charge < -0.3 is 22.9 Å². The summed E-state index contributed by atoms with van der Waals surface area (Å²) in [6.07, 6.45) is 2.67. The van der Waals surface area contributed by atoms with Crippen molar-refractivity contribution < 1.29 is 27.9 Å². The Morgan fingerprint density at radius 1 is 0.975 bits per heavy atom. The zero-order chi connectivity index (χ0) is 28.1. The third kappa shape index (κ3) is 6.16. The number of carbonyl (C=O) groups is 2. The van der Waals surface area contributed by atoms with Gasteiger partial charge in [-0.15, -0.1) is 0 Å². The number of benzene rings is 2. The van der Waals surface area contributed by atoms with E-state index in [0.717, 1.165) is 17.1 Å². The average molecular weight is 558 g/mol. The number of aromatic nitrogens is 1. The lowest BCUT2D eigenvalue weighted by molar-refractivity contribution is 0.0700. The van der Waals surface area contributed by atoms with Gasteiger partial charge in [0, 0.05) is 27.7 Å². The van der Waals surface area contributed by atoms with Crippen LogP contribution in [0.2, 0.25) is 5.02 Å². The van der Waals surface area contributed by atoms with Crippen molar-refractivity contribution in [2.24, 2.45) is 5.10 Å². The van der Waals surface area contributed by atoms with Crippen LogP contribution in [0.3, 0.4) is 0 Å². The molecule has 0 atom stereocenters. The van der Waals surface area contributed by atoms with Gasteiger partial charge in [0.15, 0.2) is 5.76 Å². The molecule has 0 fully saturated rings. The topological polar surface area (TPSA) is 108 Å². The van der Waals surface area contributed by atoms with E-state index in [-0.39, 0.29) is 23.9 Å². The van der Waals surface area contributed by atoms with E-state index in [2.05, 4.69) is 41.1 Å². The van der Waals surface area contributed by atoms with Crippen LogP contribution in [-0.4, -0.2) is 22.7 Å². The second kappa shape index (κ2) is 11.8. The van der Waals surface area contributed by atoms with Crippen molar-refractivity contribution in [3.8, 4) is 17.2 Å². The molecular weight excluding hydrogens is 534 g/mol. The third-order valence-corrected chi connectivity index (χ3v) is 6.13. The van der Waals surface area contributed by atoms with E-state index in [1.807, 2.05) is 24.3 Å². The van der Waals surface area contributed by atoms with Gasteiger partial charge in [-0.25, -0.2) is 10.2 Å². The maximum absolute atomic E-state index is 12.5. The van der Waals surface area contributed by atoms with Gasteiger partial charge in [0.1, 0.15) is 23.9 Å². The van der Waals surface area contributed by atoms with Crippen LogP contribution >= 0.6 is 11.6 Å². The molecule has 1 N–H and O–H groups in total. The molecule has 0 saturated heterocycles. The second-order valence-corrected chi connectivity index (χ2v) is 9.18. The van der Waals surface area contributed by atoms with Crippen LogP contribution in [0.4, 0.5) is 0 Å². The van der Waals surface area contributed by atoms with Gasteiger partial charge >= 0.3 is 11.9 Å². The predicted molar refractivity (Wildman–Crippen MR) is 148 cm³/mol. The van der Waals surface area contributed by atoms with Crippen molar-refractivity contribution in [2.45, 2.75) is 20.5 Å². The van der Waals surface area contributed by atoms with Gasteiger partial charge in [0.05, 0.1) is 12.5 Å². The highest BCUT2D eigenvalue weighted by Crippen LogP contribution is 2.23. The normalized spacial score (nSPS) is 11.1. The van der Waals surface area contributed by atoms with Crippen LogP contribution in [0.15, 0.2) is 99.1 Å². The Morgan fingerprint density at radius 2 is 1.75 bits per heavy atom. The molecule has 0 aliphatic carbocycles. The van der Waals surface area contributed by atoms with Gasteiger partial charge in [0.2, 0.25) is 5.76 Å². The van der Waals surface area contributed by atoms with Crippen molar-refractivity contribution in [1.29, 1.82) is 0 Å². The van der Waals surface area contributed by atoms with Gasteiger partial charge in [-0.2, -0.15) is 5.10 Å². The highest BCUT2D eigenvalue weighted by atomic mass is 35.5. The van der Waals surface area contributed by atoms with E-state index >= 15 is 0 Å². The number of aryl methyl sites for hydroxylation is 2. The number of esters is 1. The number of halogens is 1. The molecule has 3 heterocycles. The lowest BCUT2D eigenvalue weighted by Crippen LogP contribution is -2.17. The number of nitrogens with zero attached hydrogens (tertiary/aromatic N) is 2. The maximum atomic E-state index is 12.5. The Kier molecular flexibility index (Phi) is 7.84. The van der Waals surface area contributed by atoms with Crippen molar-refractivity contribution in [1.82, 2.24) is 9.99 Å². The second-order valence-electron chi connectivity index (χ2n) is 8.75. The van der Waals surface area contributed by atoms with E-state index in [4.69, 9.17) is 29.9 Å². The number of hydrogen-bond donors (Lipinski definition) is 1. The molecule has 9 nitrogen and oxygen atoms in total. The largest absolute Gasteiger partial charge is 0.486 e. The lowest BCUT2D eigenvalue weighted by Gasteiger charge is -2.10. The molecule has 1 amide bonds. The zero-order valence-electron chi connectivity index (χ0n) is 21.6. The molecule has 0 spiro atoms. The summed E-state index contributed by atoms with van der Waals surface area (Å²) in [5, 5.41) is 4.34. The number of hydrogen-bond acceptors (Lipinski definition) is 7. The predicted octanol–water partition coefficient (Wildman–Crippen LogP) is 6.50. The summed E-state index contributed by atoms with van der Waals surface area (Å²) in [7, 11) is 0. The van der Waals surface area contributed by atoms with Crippen molar-refractivity contribution in [3.05, 3.63) is 124 Å². The molecule has 0 saturated carbocycles. The first kappa shape index (κ1) is 26.6. The Labute approximate surface area is 234 Å². The van der Waals surface area contributed by atoms with Crippen molar-refractivity contribution >= 4 is 29.7 Å². The summed E-state index contributed by atoms with van der Waals surface area (Å²) in [4.78, 5) is 24.8. The smallest absolute Gasteiger partial charge is 0.379 e. The standard InChI is InChI=1S/C30H24ClN3O6/c1-19-5-6-20(2)34(19)23-8-10-24(11-9-23)38-18-25-12-14-27(39-25)29(35)33-32-17-21-16-22(31)7-13-26(21)40-30(36)28-4-3-15-37-28/h3-17H,18H2,1-2H3,(H,33,35)/b32-17+. The molecular formula is C30H24ClN3O6. The van der Waals surface area contributed by atoms with Gasteiger partial charge in [-0.05, 0) is 92.7 Å². The summed E-state index contributed by atoms with van der Waals surface area (Å²) >= 11 is 6.07. The molecule has 0 radical (unpaired) electrons. The Morgan fingerprint density at radius 3 is 2.48 bits per heavy atom. The SMILES string of the molecule is Cc1ccc(C)n1-c1ccc(OCc2ccc(C(=O)N/N=C/c3cc(Cl)ccc3OC(=O)c3ccco3)o2)cc1. The fourth-order valence-electron chi connectivity index (χ4n) is 3.97. The number of carbonyl (C=O) groups excluding carboxylic acids is 2. The molecule has 0 aliphatic rings. The number of furan rings is 2. The molecule has 5 rings (SSSR count). The first-order valence-electron chi connectivity index (χ1n) is 12.2. The van der Waals surface area contributed by atoms with Gasteiger partial charge in [-0.1, -0.05) is 11.6 Å². The zero-order valence-corrected chi connectivity index (χ0v) is 22.3. The first-order valence-corrected chi connectivity index (χ1v) is 12.6. The lowest BCUT2D eigenvalue weighted by atomic mass is 10.2. The fraction of sp³-hybridized carbons (Fsp3) is 0.100. The first-order chi connectivity index (χ1) is 19.4. The molecule has 0 aliphatic heterocycles. The van der Waals surface area contributed by atoms with Crippen LogP contribution in [0.25, 0.3) is 5.69 Å². The third-order valence-electron chi connectivity index (χ3n) is 5.90. The molecule has 40 heavy (non-hydrogen) atoms. The fourth-order valence-corrected chi connectivity index (χ4v) is 4.15. The highest BCUT2D eigenvalue weighted by Gasteiger charge is 2.15. The molecule has 2 aromatic carbocycles. The van der Waals surface area contributed by atoms with Gasteiger partial charge in [-0.3, -0.25) is 4.79 Å². The minimum Gasteiger partial charge on any atom is -0.486 e. The van der Waals surface area contributed by atoms with E-state index in [1.165, 1.54) is 36.7 Å². The van der Waals surface area contributed by atoms with E-state index in [1.54, 1.807) is 18.2 Å². The summed E-state index contributed by atoms with van der Waals surface area (Å²) in [6.45, 7) is 4.26. The Balaban J connectivity index is 1.17. The molecule has 202 valence electrons. The Bertz CT molecular complexity index is 1650. The molecule has 3 aromatic heterocycles. The molecule has 0 unspecified atom stereocenters. The molecule has 0 bridgehead atoms. The summed E-state index contributed by atoms with van der Waals surface area (Å²) in [5.74, 6) is 0.176. The number of nitrogens with one attached hydrogen (secondary N) is 1. The number of amides is 1. The maximum Gasteiger partial charge on any atom is 0.379 e. The average Bonchev–Trinajstić information content (AvgIpc) is 3.71. The minimum atomic E-state index is -0.682. The Hall–Kier alpha value is -5.02. The summed E-state index contributed by atoms with van der Waals surface area (Å²) in [6, 6.07) is 22.7. The van der Waals surface area contributed by atoms with Crippen LogP contribution < -0.4 is 14.9 Å². The van der Waals surface area contributed by atoms with Gasteiger partial charge in [0.25, 0.3) is 0 Å². The monoisotopic (exact) mass is 557 g/mol. The summed E-state index contributed by atoms with van der Waals surface area (Å²) in [5.41, 5.74) is 6.10. The summed E-state index contributed by atoms with van der Waals surface area (Å²) < 4.78 is 24.0. The molecule has 10 heteroatoms. The number of rotatable bonds is 9. The quantitative estimate of drug-likeness (QED) is 0.0959.